The van der Waals surface area contributed by atoms with Crippen molar-refractivity contribution in [2.75, 3.05) is 18.1 Å². The van der Waals surface area contributed by atoms with Crippen LogP contribution in [0.3, 0.4) is 0 Å². The molecule has 1 fully saturated rings. The number of hydrogen-bond donors (Lipinski definition) is 2. The summed E-state index contributed by atoms with van der Waals surface area (Å²) in [7, 11) is 0. The van der Waals surface area contributed by atoms with Crippen LogP contribution < -0.4 is 10.6 Å². The van der Waals surface area contributed by atoms with Crippen molar-refractivity contribution < 1.29 is 5.11 Å². The molecule has 0 spiro atoms. The number of benzene rings is 1. The standard InChI is InChI=1S/C18H25N3O/c19-15-5-7-16(8-6-15)21(11-2-12-22)18-4-1-3-14-13-20-10-9-17(14)18/h1,3-4,9-10,13,15-16,22H,2,5-8,11-12,19H2. The number of hydrogen-bond acceptors (Lipinski definition) is 4. The van der Waals surface area contributed by atoms with Crippen LogP contribution in [0.4, 0.5) is 5.69 Å². The summed E-state index contributed by atoms with van der Waals surface area (Å²) in [5, 5.41) is 11.7. The Bertz CT molecular complexity index is 603. The second-order valence-corrected chi connectivity index (χ2v) is 6.21. The largest absolute Gasteiger partial charge is 0.396 e. The van der Waals surface area contributed by atoms with Gasteiger partial charge in [-0.3, -0.25) is 4.98 Å². The van der Waals surface area contributed by atoms with Gasteiger partial charge in [-0.15, -0.1) is 0 Å². The average Bonchev–Trinajstić information content (AvgIpc) is 2.57. The van der Waals surface area contributed by atoms with Crippen molar-refractivity contribution in [2.24, 2.45) is 5.73 Å². The van der Waals surface area contributed by atoms with Gasteiger partial charge in [0.05, 0.1) is 0 Å². The third-order valence-corrected chi connectivity index (χ3v) is 4.71. The number of aromatic nitrogens is 1. The van der Waals surface area contributed by atoms with Crippen LogP contribution in [0, 0.1) is 0 Å². The molecule has 1 aromatic carbocycles. The van der Waals surface area contributed by atoms with E-state index in [9.17, 15) is 5.11 Å². The number of aliphatic hydroxyl groups excluding tert-OH is 1. The van der Waals surface area contributed by atoms with E-state index in [2.05, 4.69) is 34.1 Å². The molecule has 1 saturated carbocycles. The van der Waals surface area contributed by atoms with E-state index in [4.69, 9.17) is 5.73 Å². The summed E-state index contributed by atoms with van der Waals surface area (Å²) >= 11 is 0. The first-order chi connectivity index (χ1) is 10.8. The predicted molar refractivity (Wildman–Crippen MR) is 91.0 cm³/mol. The van der Waals surface area contributed by atoms with Crippen LogP contribution in [0.2, 0.25) is 0 Å². The minimum atomic E-state index is 0.231. The molecule has 1 aliphatic carbocycles. The molecule has 1 heterocycles. The molecule has 0 radical (unpaired) electrons. The normalized spacial score (nSPS) is 21.9. The maximum absolute atomic E-state index is 9.26. The Morgan fingerprint density at radius 3 is 2.77 bits per heavy atom. The predicted octanol–water partition coefficient (Wildman–Crippen LogP) is 2.69. The number of pyridine rings is 1. The van der Waals surface area contributed by atoms with Crippen molar-refractivity contribution in [3.63, 3.8) is 0 Å². The highest BCUT2D eigenvalue weighted by molar-refractivity contribution is 5.93. The monoisotopic (exact) mass is 299 g/mol. The Kier molecular flexibility index (Phi) is 4.90. The number of rotatable bonds is 5. The van der Waals surface area contributed by atoms with Crippen LogP contribution in [-0.4, -0.2) is 35.3 Å². The Morgan fingerprint density at radius 2 is 2.00 bits per heavy atom. The summed E-state index contributed by atoms with van der Waals surface area (Å²) in [5.74, 6) is 0. The van der Waals surface area contributed by atoms with E-state index >= 15 is 0 Å². The number of anilines is 1. The van der Waals surface area contributed by atoms with Gasteiger partial charge in [0.2, 0.25) is 0 Å². The molecule has 22 heavy (non-hydrogen) atoms. The molecule has 3 N–H and O–H groups in total. The van der Waals surface area contributed by atoms with E-state index in [1.165, 1.54) is 16.5 Å². The Labute approximate surface area is 132 Å². The van der Waals surface area contributed by atoms with E-state index in [-0.39, 0.29) is 6.61 Å². The van der Waals surface area contributed by atoms with Crippen molar-refractivity contribution in [3.05, 3.63) is 36.7 Å². The summed E-state index contributed by atoms with van der Waals surface area (Å²) in [5.41, 5.74) is 7.32. The Morgan fingerprint density at radius 1 is 1.18 bits per heavy atom. The van der Waals surface area contributed by atoms with Gasteiger partial charge < -0.3 is 15.7 Å². The molecule has 0 unspecified atom stereocenters. The third kappa shape index (κ3) is 3.23. The highest BCUT2D eigenvalue weighted by Crippen LogP contribution is 2.32. The minimum absolute atomic E-state index is 0.231. The maximum Gasteiger partial charge on any atom is 0.0449 e. The summed E-state index contributed by atoms with van der Waals surface area (Å²) < 4.78 is 0. The molecule has 1 aromatic heterocycles. The van der Waals surface area contributed by atoms with Crippen LogP contribution in [0.1, 0.15) is 32.1 Å². The van der Waals surface area contributed by atoms with Crippen LogP contribution in [0.15, 0.2) is 36.7 Å². The van der Waals surface area contributed by atoms with E-state index in [1.54, 1.807) is 0 Å². The van der Waals surface area contributed by atoms with Crippen molar-refractivity contribution >= 4 is 16.5 Å². The zero-order valence-corrected chi connectivity index (χ0v) is 13.0. The van der Waals surface area contributed by atoms with E-state index in [0.29, 0.717) is 12.1 Å². The summed E-state index contributed by atoms with van der Waals surface area (Å²) in [4.78, 5) is 6.70. The van der Waals surface area contributed by atoms with Crippen molar-refractivity contribution in [2.45, 2.75) is 44.2 Å². The van der Waals surface area contributed by atoms with Crippen molar-refractivity contribution in [3.8, 4) is 0 Å². The van der Waals surface area contributed by atoms with Crippen molar-refractivity contribution in [1.82, 2.24) is 4.98 Å². The van der Waals surface area contributed by atoms with Gasteiger partial charge in [-0.2, -0.15) is 0 Å². The number of nitrogens with zero attached hydrogens (tertiary/aromatic N) is 2. The Hall–Kier alpha value is -1.65. The van der Waals surface area contributed by atoms with Gasteiger partial charge in [0.15, 0.2) is 0 Å². The lowest BCUT2D eigenvalue weighted by Gasteiger charge is -2.38. The van der Waals surface area contributed by atoms with Crippen LogP contribution >= 0.6 is 0 Å². The first kappa shape index (κ1) is 15.3. The van der Waals surface area contributed by atoms with Gasteiger partial charge in [0, 0.05) is 54.1 Å². The molecule has 0 bridgehead atoms. The van der Waals surface area contributed by atoms with Gasteiger partial charge in [0.1, 0.15) is 0 Å². The average molecular weight is 299 g/mol. The molecule has 118 valence electrons. The van der Waals surface area contributed by atoms with Gasteiger partial charge in [0.25, 0.3) is 0 Å². The molecule has 0 aliphatic heterocycles. The topological polar surface area (TPSA) is 62.4 Å². The number of nitrogens with two attached hydrogens (primary N) is 1. The summed E-state index contributed by atoms with van der Waals surface area (Å²) in [6.45, 7) is 1.12. The fourth-order valence-electron chi connectivity index (χ4n) is 3.51. The number of aliphatic hydroxyl groups is 1. The smallest absolute Gasteiger partial charge is 0.0449 e. The summed E-state index contributed by atoms with van der Waals surface area (Å²) in [6, 6.07) is 9.35. The molecule has 0 amide bonds. The molecule has 2 aromatic rings. The molecule has 3 rings (SSSR count). The zero-order valence-electron chi connectivity index (χ0n) is 13.0. The lowest BCUT2D eigenvalue weighted by Crippen LogP contribution is -2.41. The molecule has 0 saturated heterocycles. The fraction of sp³-hybridized carbons (Fsp3) is 0.500. The van der Waals surface area contributed by atoms with Gasteiger partial charge in [-0.25, -0.2) is 0 Å². The van der Waals surface area contributed by atoms with Gasteiger partial charge in [-0.05, 0) is 44.2 Å². The molecule has 1 aliphatic rings. The van der Waals surface area contributed by atoms with Crippen LogP contribution in [-0.2, 0) is 0 Å². The quantitative estimate of drug-likeness (QED) is 0.891. The second kappa shape index (κ2) is 7.07. The SMILES string of the molecule is NC1CCC(N(CCCO)c2cccc3cnccc23)CC1. The highest BCUT2D eigenvalue weighted by Gasteiger charge is 2.25. The van der Waals surface area contributed by atoms with E-state index in [0.717, 1.165) is 38.6 Å². The summed E-state index contributed by atoms with van der Waals surface area (Å²) in [6.07, 6.45) is 9.01. The van der Waals surface area contributed by atoms with E-state index in [1.807, 2.05) is 12.4 Å². The van der Waals surface area contributed by atoms with E-state index < -0.39 is 0 Å². The second-order valence-electron chi connectivity index (χ2n) is 6.21. The lowest BCUT2D eigenvalue weighted by molar-refractivity contribution is 0.284. The highest BCUT2D eigenvalue weighted by atomic mass is 16.3. The zero-order chi connectivity index (χ0) is 15.4. The first-order valence-corrected chi connectivity index (χ1v) is 8.25. The first-order valence-electron chi connectivity index (χ1n) is 8.25. The van der Waals surface area contributed by atoms with Crippen LogP contribution in [0.25, 0.3) is 10.8 Å². The molecule has 0 atom stereocenters. The Balaban J connectivity index is 1.93. The molecule has 4 nitrogen and oxygen atoms in total. The van der Waals surface area contributed by atoms with Gasteiger partial charge >= 0.3 is 0 Å². The van der Waals surface area contributed by atoms with Crippen LogP contribution in [0.5, 0.6) is 0 Å². The lowest BCUT2D eigenvalue weighted by atomic mass is 9.90. The molecular weight excluding hydrogens is 274 g/mol. The minimum Gasteiger partial charge on any atom is -0.396 e. The molecular formula is C18H25N3O. The number of fused-ring (bicyclic) bond motifs is 1. The molecule has 4 heteroatoms. The third-order valence-electron chi connectivity index (χ3n) is 4.71. The maximum atomic E-state index is 9.26. The fourth-order valence-corrected chi connectivity index (χ4v) is 3.51. The van der Waals surface area contributed by atoms with Gasteiger partial charge in [-0.1, -0.05) is 12.1 Å². The van der Waals surface area contributed by atoms with Crippen molar-refractivity contribution in [1.29, 1.82) is 0 Å².